The Morgan fingerprint density at radius 1 is 0.261 bits per heavy atom. The van der Waals surface area contributed by atoms with E-state index >= 15 is 0 Å². The third-order valence-corrected chi connectivity index (χ3v) is 16.8. The standard InChI is InChI=1S/C87H146O5/c1-3-5-7-9-11-13-15-17-19-21-23-25-27-29-31-33-35-37-39-41-42-43-44-46-48-50-52-54-56-58-60-62-64-66-68-70-72-74-76-78-80-82-87(90)92-85(83-88)84-91-86(89)81-79-77-75-73-71-69-67-65-63-61-59-57-55-53-51-49-47-45-40-38-36-34-32-30-28-26-24-22-20-18-16-14-12-10-8-6-4-2/h5,7,11,13,16-19,22-25,28-31,35,37,41-42,44,46,50,52,56,58,85,88H,3-4,6,8-10,12,14-15,20-21,26-27,32-34,36,38-40,43,45,47-49,51,53-55,57,59-84H2,1-2H3/b7-5-,13-11-,18-16-,19-17-,24-22-,25-23-,30-28-,31-29-,37-35-,42-41-,46-44-,52-50-,58-56-. The van der Waals surface area contributed by atoms with Crippen LogP contribution in [0.2, 0.25) is 0 Å². The summed E-state index contributed by atoms with van der Waals surface area (Å²) < 4.78 is 10.8. The van der Waals surface area contributed by atoms with Crippen LogP contribution in [0.1, 0.15) is 361 Å². The lowest BCUT2D eigenvalue weighted by Crippen LogP contribution is -2.28. The fraction of sp³-hybridized carbons (Fsp3) is 0.678. The first-order valence-corrected chi connectivity index (χ1v) is 39.0. The van der Waals surface area contributed by atoms with E-state index in [4.69, 9.17) is 9.47 Å². The number of unbranched alkanes of at least 4 members (excludes halogenated alkanes) is 37. The zero-order chi connectivity index (χ0) is 66.1. The summed E-state index contributed by atoms with van der Waals surface area (Å²) in [5.74, 6) is -0.589. The Morgan fingerprint density at radius 2 is 0.467 bits per heavy atom. The van der Waals surface area contributed by atoms with E-state index in [0.717, 1.165) is 116 Å². The highest BCUT2D eigenvalue weighted by atomic mass is 16.6. The Labute approximate surface area is 571 Å². The van der Waals surface area contributed by atoms with E-state index in [2.05, 4.69) is 172 Å². The highest BCUT2D eigenvalue weighted by Crippen LogP contribution is 2.18. The highest BCUT2D eigenvalue weighted by Gasteiger charge is 2.16. The molecule has 0 fully saturated rings. The van der Waals surface area contributed by atoms with Crippen LogP contribution in [0.5, 0.6) is 0 Å². The van der Waals surface area contributed by atoms with Crippen molar-refractivity contribution in [3.8, 4) is 0 Å². The number of allylic oxidation sites excluding steroid dienone is 26. The molecule has 0 saturated heterocycles. The number of hydrogen-bond donors (Lipinski definition) is 1. The van der Waals surface area contributed by atoms with E-state index in [-0.39, 0.29) is 25.2 Å². The fourth-order valence-corrected chi connectivity index (χ4v) is 11.0. The normalized spacial score (nSPS) is 13.1. The molecule has 0 rings (SSSR count). The van der Waals surface area contributed by atoms with E-state index in [1.54, 1.807) is 0 Å². The van der Waals surface area contributed by atoms with Crippen LogP contribution in [0, 0.1) is 0 Å². The van der Waals surface area contributed by atoms with E-state index in [1.165, 1.54) is 218 Å². The van der Waals surface area contributed by atoms with Crippen LogP contribution in [0.25, 0.3) is 0 Å². The lowest BCUT2D eigenvalue weighted by molar-refractivity contribution is -0.161. The Bertz CT molecular complexity index is 1930. The molecule has 1 unspecified atom stereocenters. The van der Waals surface area contributed by atoms with Gasteiger partial charge in [0.05, 0.1) is 6.61 Å². The van der Waals surface area contributed by atoms with Crippen LogP contribution < -0.4 is 0 Å². The summed E-state index contributed by atoms with van der Waals surface area (Å²) in [5, 5.41) is 9.73. The third kappa shape index (κ3) is 78.0. The zero-order valence-corrected chi connectivity index (χ0v) is 60.3. The molecule has 0 saturated carbocycles. The van der Waals surface area contributed by atoms with Gasteiger partial charge in [-0.1, -0.05) is 377 Å². The van der Waals surface area contributed by atoms with Crippen molar-refractivity contribution >= 4 is 11.9 Å². The molecule has 0 aliphatic rings. The zero-order valence-electron chi connectivity index (χ0n) is 60.3. The maximum Gasteiger partial charge on any atom is 0.306 e. The molecule has 0 aliphatic heterocycles. The van der Waals surface area contributed by atoms with Gasteiger partial charge in [0.2, 0.25) is 0 Å². The Hall–Kier alpha value is -4.48. The molecule has 5 nitrogen and oxygen atoms in total. The van der Waals surface area contributed by atoms with Crippen molar-refractivity contribution in [1.82, 2.24) is 0 Å². The van der Waals surface area contributed by atoms with Crippen molar-refractivity contribution in [2.45, 2.75) is 367 Å². The number of aliphatic hydroxyl groups is 1. The highest BCUT2D eigenvalue weighted by molar-refractivity contribution is 5.70. The van der Waals surface area contributed by atoms with E-state index in [1.807, 2.05) is 0 Å². The second kappa shape index (κ2) is 80.8. The molecule has 1 N–H and O–H groups in total. The smallest absolute Gasteiger partial charge is 0.306 e. The largest absolute Gasteiger partial charge is 0.462 e. The molecular weight excluding hydrogens is 1120 g/mol. The molecule has 524 valence electrons. The van der Waals surface area contributed by atoms with Crippen molar-refractivity contribution in [3.63, 3.8) is 0 Å². The second-order valence-electron chi connectivity index (χ2n) is 25.7. The molecule has 0 aromatic rings. The van der Waals surface area contributed by atoms with Gasteiger partial charge < -0.3 is 14.6 Å². The summed E-state index contributed by atoms with van der Waals surface area (Å²) in [4.78, 5) is 24.7. The minimum atomic E-state index is -0.785. The quantitative estimate of drug-likeness (QED) is 0.0373. The van der Waals surface area contributed by atoms with Crippen LogP contribution in [0.15, 0.2) is 158 Å². The maximum absolute atomic E-state index is 12.4. The minimum Gasteiger partial charge on any atom is -0.462 e. The first-order valence-electron chi connectivity index (χ1n) is 39.0. The second-order valence-corrected chi connectivity index (χ2v) is 25.7. The van der Waals surface area contributed by atoms with Gasteiger partial charge in [-0.25, -0.2) is 0 Å². The lowest BCUT2D eigenvalue weighted by Gasteiger charge is -2.15. The van der Waals surface area contributed by atoms with Gasteiger partial charge in [-0.05, 0) is 128 Å². The van der Waals surface area contributed by atoms with Crippen LogP contribution in [-0.2, 0) is 19.1 Å². The third-order valence-electron chi connectivity index (χ3n) is 16.8. The molecule has 0 radical (unpaired) electrons. The van der Waals surface area contributed by atoms with Gasteiger partial charge in [0.25, 0.3) is 0 Å². The average Bonchev–Trinajstić information content (AvgIpc) is 3.64. The summed E-state index contributed by atoms with van der Waals surface area (Å²) in [5.41, 5.74) is 0. The van der Waals surface area contributed by atoms with Crippen LogP contribution in [-0.4, -0.2) is 36.4 Å². The number of esters is 2. The van der Waals surface area contributed by atoms with Gasteiger partial charge in [-0.2, -0.15) is 0 Å². The number of hydrogen-bond acceptors (Lipinski definition) is 5. The fourth-order valence-electron chi connectivity index (χ4n) is 11.0. The minimum absolute atomic E-state index is 0.0716. The topological polar surface area (TPSA) is 72.8 Å². The van der Waals surface area contributed by atoms with Gasteiger partial charge in [0, 0.05) is 12.8 Å². The molecular formula is C87H146O5. The molecule has 0 aromatic heterocycles. The molecule has 1 atom stereocenters. The number of ether oxygens (including phenoxy) is 2. The van der Waals surface area contributed by atoms with Gasteiger partial charge in [-0.15, -0.1) is 0 Å². The van der Waals surface area contributed by atoms with Crippen LogP contribution in [0.3, 0.4) is 0 Å². The van der Waals surface area contributed by atoms with Crippen molar-refractivity contribution in [2.24, 2.45) is 0 Å². The summed E-state index contributed by atoms with van der Waals surface area (Å²) >= 11 is 0. The van der Waals surface area contributed by atoms with E-state index in [0.29, 0.717) is 12.8 Å². The van der Waals surface area contributed by atoms with Crippen LogP contribution >= 0.6 is 0 Å². The van der Waals surface area contributed by atoms with Crippen molar-refractivity contribution in [3.05, 3.63) is 158 Å². The van der Waals surface area contributed by atoms with Crippen molar-refractivity contribution < 1.29 is 24.2 Å². The molecule has 0 amide bonds. The van der Waals surface area contributed by atoms with Gasteiger partial charge in [-0.3, -0.25) is 9.59 Å². The monoisotopic (exact) mass is 1270 g/mol. The predicted molar refractivity (Wildman–Crippen MR) is 407 cm³/mol. The molecule has 92 heavy (non-hydrogen) atoms. The molecule has 5 heteroatoms. The molecule has 0 bridgehead atoms. The number of carbonyl (C=O) groups is 2. The average molecular weight is 1270 g/mol. The number of aliphatic hydroxyl groups excluding tert-OH is 1. The molecule has 0 aromatic carbocycles. The molecule has 0 heterocycles. The van der Waals surface area contributed by atoms with Crippen molar-refractivity contribution in [2.75, 3.05) is 13.2 Å². The van der Waals surface area contributed by atoms with Crippen LogP contribution in [0.4, 0.5) is 0 Å². The van der Waals surface area contributed by atoms with E-state index in [9.17, 15) is 14.7 Å². The maximum atomic E-state index is 12.4. The van der Waals surface area contributed by atoms with Gasteiger partial charge in [0.1, 0.15) is 6.61 Å². The summed E-state index contributed by atoms with van der Waals surface area (Å²) in [6.07, 6.45) is 123. The summed E-state index contributed by atoms with van der Waals surface area (Å²) in [6, 6.07) is 0. The van der Waals surface area contributed by atoms with Gasteiger partial charge in [0.15, 0.2) is 6.10 Å². The number of carbonyl (C=O) groups excluding carboxylic acids is 2. The lowest BCUT2D eigenvalue weighted by atomic mass is 10.0. The molecule has 0 spiro atoms. The first-order chi connectivity index (χ1) is 45.6. The van der Waals surface area contributed by atoms with Crippen molar-refractivity contribution in [1.29, 1.82) is 0 Å². The Morgan fingerprint density at radius 3 is 0.707 bits per heavy atom. The Balaban J connectivity index is 3.50. The first kappa shape index (κ1) is 87.5. The van der Waals surface area contributed by atoms with E-state index < -0.39 is 6.10 Å². The SMILES string of the molecule is CC/C=C\C/C=C\C/C=C\C/C=C\C/C=C\C/C=C\C/C=C\C/C=C\C/C=C\C/C=C\CCCCCCCCCCCCC(=O)OC(CO)COC(=O)CCCCCCCCCCCCCCCCCCCCCCCC/C=C\C/C=C\C/C=C\CCCCCCC. The molecule has 0 aliphatic carbocycles. The number of rotatable bonds is 71. The predicted octanol–water partition coefficient (Wildman–Crippen LogP) is 27.8. The van der Waals surface area contributed by atoms with Gasteiger partial charge >= 0.3 is 11.9 Å². The summed E-state index contributed by atoms with van der Waals surface area (Å²) in [7, 11) is 0. The summed E-state index contributed by atoms with van der Waals surface area (Å²) in [6.45, 7) is 4.04. The Kier molecular flexibility index (Phi) is 76.8.